The van der Waals surface area contributed by atoms with E-state index in [1.807, 2.05) is 13.8 Å². The molecule has 0 aromatic carbocycles. The maximum Gasteiger partial charge on any atom is 0.357 e. The van der Waals surface area contributed by atoms with Gasteiger partial charge in [0.05, 0.1) is 19.8 Å². The van der Waals surface area contributed by atoms with Crippen molar-refractivity contribution in [2.45, 2.75) is 82.2 Å². The molecule has 1 aliphatic heterocycles. The fourth-order valence-corrected chi connectivity index (χ4v) is 2.78. The van der Waals surface area contributed by atoms with Crippen molar-refractivity contribution in [3.63, 3.8) is 0 Å². The van der Waals surface area contributed by atoms with Gasteiger partial charge in [0.25, 0.3) is 0 Å². The molecule has 0 saturated carbocycles. The maximum atomic E-state index is 12.7. The van der Waals surface area contributed by atoms with Gasteiger partial charge >= 0.3 is 11.9 Å². The number of esters is 1. The second kappa shape index (κ2) is 13.0. The molecule has 1 saturated heterocycles. The van der Waals surface area contributed by atoms with E-state index in [0.29, 0.717) is 6.42 Å². The van der Waals surface area contributed by atoms with Gasteiger partial charge in [-0.2, -0.15) is 0 Å². The molecule has 0 bridgehead atoms. The summed E-state index contributed by atoms with van der Waals surface area (Å²) in [4.78, 5) is 28.3. The van der Waals surface area contributed by atoms with Gasteiger partial charge in [0, 0.05) is 19.5 Å². The molecular weight excluding hydrogens is 450 g/mol. The van der Waals surface area contributed by atoms with Gasteiger partial charge in [-0.25, -0.2) is 9.59 Å². The molecule has 11 nitrogen and oxygen atoms in total. The van der Waals surface area contributed by atoms with Crippen LogP contribution in [0.15, 0.2) is 0 Å². The Bertz CT molecular complexity index is 605. The number of halogens is 1. The minimum absolute atomic E-state index is 0.0613. The quantitative estimate of drug-likeness (QED) is 0.123. The number of alkyl halides is 1. The standard InChI is InChI=1S/C20H36ClNO10/c1-11(2)6-8-30-18(27)20(21,19(28)32-22(5)12(3)4)7-9-29-17-16(26)15(25)14(24)13(10-23)31-17/h11-17,23-26H,6-10H2,1-5H3/t13-,14+,15+,16-,17?,20?/m1/s1. The summed E-state index contributed by atoms with van der Waals surface area (Å²) in [5.41, 5.74) is 0. The molecule has 1 aliphatic rings. The lowest BCUT2D eigenvalue weighted by atomic mass is 9.99. The number of hydroxylamine groups is 2. The maximum absolute atomic E-state index is 12.7. The molecule has 6 atom stereocenters. The van der Waals surface area contributed by atoms with E-state index in [9.17, 15) is 30.0 Å². The van der Waals surface area contributed by atoms with Crippen molar-refractivity contribution < 1.29 is 49.1 Å². The lowest BCUT2D eigenvalue weighted by Crippen LogP contribution is -2.59. The highest BCUT2D eigenvalue weighted by atomic mass is 35.5. The molecule has 0 aliphatic carbocycles. The van der Waals surface area contributed by atoms with Gasteiger partial charge in [-0.15, -0.1) is 5.06 Å². The molecule has 0 spiro atoms. The van der Waals surface area contributed by atoms with Crippen LogP contribution in [0, 0.1) is 5.92 Å². The van der Waals surface area contributed by atoms with Crippen LogP contribution in [0.3, 0.4) is 0 Å². The lowest BCUT2D eigenvalue weighted by molar-refractivity contribution is -0.301. The molecule has 0 amide bonds. The van der Waals surface area contributed by atoms with Crippen LogP contribution in [-0.2, 0) is 28.6 Å². The van der Waals surface area contributed by atoms with E-state index in [4.69, 9.17) is 30.6 Å². The minimum atomic E-state index is -2.23. The SMILES string of the molecule is CC(C)CCOC(=O)C(Cl)(CCOC1O[C@H](CO)[C@H](O)[C@H](O)[C@H]1O)C(=O)ON(C)C(C)C. The van der Waals surface area contributed by atoms with Crippen LogP contribution in [0.5, 0.6) is 0 Å². The topological polar surface area (TPSA) is 155 Å². The molecule has 2 unspecified atom stereocenters. The molecule has 188 valence electrons. The number of aliphatic hydroxyl groups is 4. The molecular formula is C20H36ClNO10. The number of rotatable bonds is 12. The van der Waals surface area contributed by atoms with Crippen molar-refractivity contribution in [1.82, 2.24) is 5.06 Å². The van der Waals surface area contributed by atoms with Crippen LogP contribution in [0.25, 0.3) is 0 Å². The number of ether oxygens (including phenoxy) is 3. The Balaban J connectivity index is 2.86. The zero-order valence-electron chi connectivity index (χ0n) is 19.1. The van der Waals surface area contributed by atoms with Gasteiger partial charge < -0.3 is 39.5 Å². The molecule has 1 heterocycles. The summed E-state index contributed by atoms with van der Waals surface area (Å²) in [7, 11) is 1.51. The fourth-order valence-electron chi connectivity index (χ4n) is 2.62. The van der Waals surface area contributed by atoms with E-state index in [2.05, 4.69) is 0 Å². The van der Waals surface area contributed by atoms with E-state index in [-0.39, 0.29) is 25.2 Å². The Kier molecular flexibility index (Phi) is 11.8. The number of hydrogen-bond acceptors (Lipinski definition) is 11. The van der Waals surface area contributed by atoms with E-state index in [1.54, 1.807) is 13.8 Å². The zero-order chi connectivity index (χ0) is 24.6. The van der Waals surface area contributed by atoms with Gasteiger partial charge in [-0.05, 0) is 26.2 Å². The summed E-state index contributed by atoms with van der Waals surface area (Å²) in [6.07, 6.45) is -7.22. The van der Waals surface area contributed by atoms with Gasteiger partial charge in [0.2, 0.25) is 4.87 Å². The highest BCUT2D eigenvalue weighted by Gasteiger charge is 2.49. The van der Waals surface area contributed by atoms with E-state index in [1.165, 1.54) is 12.1 Å². The molecule has 1 rings (SSSR count). The number of carbonyl (C=O) groups excluding carboxylic acids is 2. The fraction of sp³-hybridized carbons (Fsp3) is 0.900. The van der Waals surface area contributed by atoms with Crippen LogP contribution in [0.1, 0.15) is 40.5 Å². The Morgan fingerprint density at radius 2 is 1.69 bits per heavy atom. The molecule has 0 aromatic rings. The Hall–Kier alpha value is -1.05. The van der Waals surface area contributed by atoms with Crippen molar-refractivity contribution in [1.29, 1.82) is 0 Å². The smallest absolute Gasteiger partial charge is 0.357 e. The van der Waals surface area contributed by atoms with Crippen molar-refractivity contribution in [3.05, 3.63) is 0 Å². The van der Waals surface area contributed by atoms with Gasteiger partial charge in [-0.3, -0.25) is 0 Å². The summed E-state index contributed by atoms with van der Waals surface area (Å²) in [6, 6.07) is -0.179. The minimum Gasteiger partial charge on any atom is -0.464 e. The van der Waals surface area contributed by atoms with Crippen LogP contribution in [0.2, 0.25) is 0 Å². The van der Waals surface area contributed by atoms with Crippen molar-refractivity contribution >= 4 is 23.5 Å². The average Bonchev–Trinajstić information content (AvgIpc) is 2.72. The Labute approximate surface area is 193 Å². The van der Waals surface area contributed by atoms with Gasteiger partial charge in [0.1, 0.15) is 24.4 Å². The second-order valence-corrected chi connectivity index (χ2v) is 9.10. The normalized spacial score (nSPS) is 28.1. The predicted octanol–water partition coefficient (Wildman–Crippen LogP) is -0.442. The number of hydrogen-bond donors (Lipinski definition) is 4. The summed E-state index contributed by atoms with van der Waals surface area (Å²) in [5.74, 6) is -1.79. The van der Waals surface area contributed by atoms with Gasteiger partial charge in [0.15, 0.2) is 6.29 Å². The number of nitrogens with zero attached hydrogens (tertiary/aromatic N) is 1. The monoisotopic (exact) mass is 485 g/mol. The first-order chi connectivity index (χ1) is 14.8. The van der Waals surface area contributed by atoms with Crippen molar-refractivity contribution in [3.8, 4) is 0 Å². The zero-order valence-corrected chi connectivity index (χ0v) is 19.9. The first kappa shape index (κ1) is 29.0. The van der Waals surface area contributed by atoms with E-state index >= 15 is 0 Å². The van der Waals surface area contributed by atoms with Crippen LogP contribution in [0.4, 0.5) is 0 Å². The van der Waals surface area contributed by atoms with Crippen LogP contribution in [-0.4, -0.2) is 106 Å². The first-order valence-corrected chi connectivity index (χ1v) is 11.0. The molecule has 0 aromatic heterocycles. The van der Waals surface area contributed by atoms with E-state index in [0.717, 1.165) is 0 Å². The third-order valence-corrected chi connectivity index (χ3v) is 5.60. The van der Waals surface area contributed by atoms with Crippen molar-refractivity contribution in [2.24, 2.45) is 5.92 Å². The molecule has 0 radical (unpaired) electrons. The summed E-state index contributed by atoms with van der Waals surface area (Å²) >= 11 is 6.38. The second-order valence-electron chi connectivity index (χ2n) is 8.46. The van der Waals surface area contributed by atoms with Crippen LogP contribution < -0.4 is 0 Å². The highest BCUT2D eigenvalue weighted by Crippen LogP contribution is 2.27. The molecule has 32 heavy (non-hydrogen) atoms. The molecule has 4 N–H and O–H groups in total. The summed E-state index contributed by atoms with van der Waals surface area (Å²) in [6.45, 7) is 6.50. The lowest BCUT2D eigenvalue weighted by Gasteiger charge is -2.39. The Morgan fingerprint density at radius 3 is 2.22 bits per heavy atom. The number of aliphatic hydroxyl groups excluding tert-OH is 4. The summed E-state index contributed by atoms with van der Waals surface area (Å²) in [5, 5.41) is 40.2. The Morgan fingerprint density at radius 1 is 1.06 bits per heavy atom. The first-order valence-electron chi connectivity index (χ1n) is 10.6. The van der Waals surface area contributed by atoms with Gasteiger partial charge in [-0.1, -0.05) is 25.4 Å². The third-order valence-electron chi connectivity index (χ3n) is 5.11. The molecule has 12 heteroatoms. The largest absolute Gasteiger partial charge is 0.464 e. The summed E-state index contributed by atoms with van der Waals surface area (Å²) < 4.78 is 15.8. The predicted molar refractivity (Wildman–Crippen MR) is 112 cm³/mol. The van der Waals surface area contributed by atoms with E-state index < -0.39 is 60.5 Å². The molecule has 1 fully saturated rings. The number of carbonyl (C=O) groups is 2. The highest BCUT2D eigenvalue weighted by molar-refractivity contribution is 6.44. The van der Waals surface area contributed by atoms with Crippen molar-refractivity contribution in [2.75, 3.05) is 26.9 Å². The van der Waals surface area contributed by atoms with Crippen LogP contribution >= 0.6 is 11.6 Å². The average molecular weight is 486 g/mol. The third kappa shape index (κ3) is 7.77.